The third kappa shape index (κ3) is 6.05. The zero-order valence-electron chi connectivity index (χ0n) is 21.2. The maximum atomic E-state index is 13.5. The number of benzene rings is 2. The molecule has 2 heterocycles. The van der Waals surface area contributed by atoms with Crippen molar-refractivity contribution in [2.75, 3.05) is 13.7 Å². The van der Waals surface area contributed by atoms with Gasteiger partial charge in [0.25, 0.3) is 5.91 Å². The highest BCUT2D eigenvalue weighted by Gasteiger charge is 2.33. The predicted molar refractivity (Wildman–Crippen MR) is 145 cm³/mol. The number of hydrogen-bond donors (Lipinski definition) is 1. The van der Waals surface area contributed by atoms with Gasteiger partial charge >= 0.3 is 6.18 Å². The highest BCUT2D eigenvalue weighted by molar-refractivity contribution is 7.13. The number of methoxy groups -OCH3 is 1. The van der Waals surface area contributed by atoms with Crippen molar-refractivity contribution in [3.05, 3.63) is 81.3 Å². The molecule has 0 fully saturated rings. The average Bonchev–Trinajstić information content (AvgIpc) is 3.50. The minimum absolute atomic E-state index is 0.110. The molecule has 4 aromatic rings. The molecule has 0 atom stereocenters. The summed E-state index contributed by atoms with van der Waals surface area (Å²) in [5, 5.41) is 5.22. The van der Waals surface area contributed by atoms with E-state index in [9.17, 15) is 18.0 Å². The van der Waals surface area contributed by atoms with E-state index in [-0.39, 0.29) is 17.5 Å². The molecule has 0 unspecified atom stereocenters. The Morgan fingerprint density at radius 3 is 2.55 bits per heavy atom. The number of amides is 1. The summed E-state index contributed by atoms with van der Waals surface area (Å²) in [7, 11) is 1.60. The van der Waals surface area contributed by atoms with E-state index in [1.807, 2.05) is 41.1 Å². The molecular weight excluding hydrogens is 535 g/mol. The minimum Gasteiger partial charge on any atom is -0.497 e. The third-order valence-electron chi connectivity index (χ3n) is 6.21. The van der Waals surface area contributed by atoms with Gasteiger partial charge in [0, 0.05) is 29.7 Å². The van der Waals surface area contributed by atoms with Crippen molar-refractivity contribution in [2.24, 2.45) is 0 Å². The van der Waals surface area contributed by atoms with Crippen LogP contribution in [0.1, 0.15) is 46.9 Å². The fourth-order valence-corrected chi connectivity index (χ4v) is 5.14. The Morgan fingerprint density at radius 1 is 1.16 bits per heavy atom. The van der Waals surface area contributed by atoms with E-state index in [0.29, 0.717) is 34.8 Å². The molecular formula is C28H27ClF3N3O2S. The van der Waals surface area contributed by atoms with Crippen LogP contribution in [0, 0.1) is 6.92 Å². The first-order valence-electron chi connectivity index (χ1n) is 12.1. The molecule has 0 spiro atoms. The number of alkyl halides is 3. The van der Waals surface area contributed by atoms with Crippen LogP contribution in [-0.2, 0) is 12.7 Å². The average molecular weight is 562 g/mol. The first kappa shape index (κ1) is 27.7. The number of nitrogens with one attached hydrogen (secondary N) is 1. The Kier molecular flexibility index (Phi) is 8.47. The first-order chi connectivity index (χ1) is 18.1. The molecule has 2 aromatic carbocycles. The lowest BCUT2D eigenvalue weighted by molar-refractivity contribution is -0.137. The minimum atomic E-state index is -4.58. The summed E-state index contributed by atoms with van der Waals surface area (Å²) in [4.78, 5) is 17.8. The molecule has 0 aliphatic carbocycles. The molecule has 200 valence electrons. The molecule has 0 radical (unpaired) electrons. The van der Waals surface area contributed by atoms with Gasteiger partial charge < -0.3 is 14.6 Å². The van der Waals surface area contributed by atoms with Crippen molar-refractivity contribution >= 4 is 28.8 Å². The Hall–Kier alpha value is -3.30. The molecule has 10 heteroatoms. The molecule has 0 bridgehead atoms. The van der Waals surface area contributed by atoms with E-state index >= 15 is 0 Å². The predicted octanol–water partition coefficient (Wildman–Crippen LogP) is 7.85. The molecule has 0 saturated heterocycles. The number of aromatic nitrogens is 2. The Bertz CT molecular complexity index is 1430. The summed E-state index contributed by atoms with van der Waals surface area (Å²) in [6, 6.07) is 13.1. The number of unbranched alkanes of at least 4 members (excludes halogenated alkanes) is 1. The van der Waals surface area contributed by atoms with Crippen molar-refractivity contribution < 1.29 is 22.7 Å². The SMILES string of the molecule is CCCCNC(=O)c1cc(-c2csc(-c3ccc(OC)cc3)n2)n(Cc2ccc(Cl)c(C(F)(F)F)c2)c1C. The van der Waals surface area contributed by atoms with E-state index < -0.39 is 11.7 Å². The lowest BCUT2D eigenvalue weighted by Gasteiger charge is -2.14. The smallest absolute Gasteiger partial charge is 0.417 e. The third-order valence-corrected chi connectivity index (χ3v) is 7.43. The van der Waals surface area contributed by atoms with Gasteiger partial charge in [-0.1, -0.05) is 31.0 Å². The van der Waals surface area contributed by atoms with E-state index in [4.69, 9.17) is 21.3 Å². The van der Waals surface area contributed by atoms with E-state index in [1.54, 1.807) is 26.2 Å². The summed E-state index contributed by atoms with van der Waals surface area (Å²) in [6.07, 6.45) is -2.79. The van der Waals surface area contributed by atoms with Crippen LogP contribution in [0.4, 0.5) is 13.2 Å². The molecule has 5 nitrogen and oxygen atoms in total. The zero-order valence-corrected chi connectivity index (χ0v) is 22.7. The maximum Gasteiger partial charge on any atom is 0.417 e. The second-order valence-corrected chi connectivity index (χ2v) is 10.1. The van der Waals surface area contributed by atoms with Crippen LogP contribution in [0.3, 0.4) is 0 Å². The van der Waals surface area contributed by atoms with Crippen LogP contribution in [0.5, 0.6) is 5.75 Å². The summed E-state index contributed by atoms with van der Waals surface area (Å²) in [6.45, 7) is 4.48. The Morgan fingerprint density at radius 2 is 1.89 bits per heavy atom. The Labute approximate surface area is 228 Å². The number of thiazole rings is 1. The van der Waals surface area contributed by atoms with Crippen LogP contribution >= 0.6 is 22.9 Å². The molecule has 1 amide bonds. The fraction of sp³-hybridized carbons (Fsp3) is 0.286. The lowest BCUT2D eigenvalue weighted by atomic mass is 10.1. The number of carbonyl (C=O) groups excluding carboxylic acids is 1. The van der Waals surface area contributed by atoms with Crippen molar-refractivity contribution in [1.82, 2.24) is 14.9 Å². The van der Waals surface area contributed by atoms with Crippen LogP contribution in [0.15, 0.2) is 53.9 Å². The summed E-state index contributed by atoms with van der Waals surface area (Å²) >= 11 is 7.27. The van der Waals surface area contributed by atoms with Gasteiger partial charge in [-0.05, 0) is 61.4 Å². The highest BCUT2D eigenvalue weighted by Crippen LogP contribution is 2.36. The van der Waals surface area contributed by atoms with Crippen LogP contribution < -0.4 is 10.1 Å². The normalized spacial score (nSPS) is 11.6. The zero-order chi connectivity index (χ0) is 27.4. The lowest BCUT2D eigenvalue weighted by Crippen LogP contribution is -2.24. The van der Waals surface area contributed by atoms with Crippen LogP contribution in [0.2, 0.25) is 5.02 Å². The standard InChI is InChI=1S/C28H27ClF3N3O2S/c1-4-5-12-33-26(36)21-14-25(24-16-38-27(34-24)19-7-9-20(37-3)10-8-19)35(17(21)2)15-18-6-11-23(29)22(13-18)28(30,31)32/h6-11,13-14,16H,4-5,12,15H2,1-3H3,(H,33,36). The largest absolute Gasteiger partial charge is 0.497 e. The van der Waals surface area contributed by atoms with Gasteiger partial charge in [0.1, 0.15) is 10.8 Å². The summed E-state index contributed by atoms with van der Waals surface area (Å²) in [5.41, 5.74) is 2.78. The van der Waals surface area contributed by atoms with Crippen molar-refractivity contribution in [3.63, 3.8) is 0 Å². The quantitative estimate of drug-likeness (QED) is 0.212. The van der Waals surface area contributed by atoms with Gasteiger partial charge in [0.2, 0.25) is 0 Å². The van der Waals surface area contributed by atoms with E-state index in [2.05, 4.69) is 5.32 Å². The second kappa shape index (κ2) is 11.6. The van der Waals surface area contributed by atoms with Crippen molar-refractivity contribution in [2.45, 2.75) is 39.4 Å². The number of carbonyl (C=O) groups is 1. The van der Waals surface area contributed by atoms with Gasteiger partial charge in [-0.25, -0.2) is 4.98 Å². The molecule has 1 N–H and O–H groups in total. The number of nitrogens with zero attached hydrogens (tertiary/aromatic N) is 2. The second-order valence-electron chi connectivity index (χ2n) is 8.80. The fourth-order valence-electron chi connectivity index (χ4n) is 4.09. The van der Waals surface area contributed by atoms with Gasteiger partial charge in [-0.15, -0.1) is 11.3 Å². The molecule has 4 rings (SSSR count). The van der Waals surface area contributed by atoms with Gasteiger partial charge in [0.05, 0.1) is 34.6 Å². The van der Waals surface area contributed by atoms with Crippen LogP contribution in [0.25, 0.3) is 22.0 Å². The number of ether oxygens (including phenoxy) is 1. The van der Waals surface area contributed by atoms with Crippen molar-refractivity contribution in [3.8, 4) is 27.7 Å². The number of hydrogen-bond acceptors (Lipinski definition) is 4. The Balaban J connectivity index is 1.75. The molecule has 0 aliphatic heterocycles. The van der Waals surface area contributed by atoms with Crippen LogP contribution in [-0.4, -0.2) is 29.1 Å². The first-order valence-corrected chi connectivity index (χ1v) is 13.3. The topological polar surface area (TPSA) is 56.1 Å². The molecule has 0 aliphatic rings. The van der Waals surface area contributed by atoms with Gasteiger partial charge in [-0.2, -0.15) is 13.2 Å². The highest BCUT2D eigenvalue weighted by atomic mass is 35.5. The van der Waals surface area contributed by atoms with Gasteiger partial charge in [0.15, 0.2) is 0 Å². The molecule has 0 saturated carbocycles. The molecule has 38 heavy (non-hydrogen) atoms. The summed E-state index contributed by atoms with van der Waals surface area (Å²) < 4.78 is 47.5. The maximum absolute atomic E-state index is 13.5. The number of rotatable bonds is 9. The van der Waals surface area contributed by atoms with Gasteiger partial charge in [-0.3, -0.25) is 4.79 Å². The summed E-state index contributed by atoms with van der Waals surface area (Å²) in [5.74, 6) is 0.503. The molecule has 2 aromatic heterocycles. The number of halogens is 4. The van der Waals surface area contributed by atoms with E-state index in [0.717, 1.165) is 35.2 Å². The monoisotopic (exact) mass is 561 g/mol. The van der Waals surface area contributed by atoms with E-state index in [1.165, 1.54) is 17.4 Å². The van der Waals surface area contributed by atoms with Crippen molar-refractivity contribution in [1.29, 1.82) is 0 Å².